The number of rotatable bonds is 4. The van der Waals surface area contributed by atoms with Crippen molar-refractivity contribution in [2.45, 2.75) is 56.7 Å². The standard InChI is InChI=1S/C22H28ClNO3/c23-18-3-1-2-14(6-18)8-22(11-20(26)24-12-19(25)13-24)16-4-15-5-17(22)10-21(27,7-15)9-16/h1-3,6,15-17,19,25,27H,4-5,7-13H2. The highest BCUT2D eigenvalue weighted by molar-refractivity contribution is 6.30. The molecule has 2 unspecified atom stereocenters. The summed E-state index contributed by atoms with van der Waals surface area (Å²) in [7, 11) is 0. The van der Waals surface area contributed by atoms with Gasteiger partial charge in [0.2, 0.25) is 5.91 Å². The fourth-order valence-corrected chi connectivity index (χ4v) is 7.08. The third-order valence-corrected chi connectivity index (χ3v) is 8.14. The Morgan fingerprint density at radius 2 is 1.89 bits per heavy atom. The third kappa shape index (κ3) is 3.01. The Balaban J connectivity index is 1.47. The third-order valence-electron chi connectivity index (χ3n) is 7.90. The molecule has 0 aromatic heterocycles. The second kappa shape index (κ2) is 6.20. The van der Waals surface area contributed by atoms with Gasteiger partial charge in [-0.3, -0.25) is 4.79 Å². The van der Waals surface area contributed by atoms with Gasteiger partial charge in [-0.15, -0.1) is 0 Å². The molecule has 1 heterocycles. The number of aliphatic hydroxyl groups excluding tert-OH is 1. The fraction of sp³-hybridized carbons (Fsp3) is 0.682. The van der Waals surface area contributed by atoms with E-state index in [0.29, 0.717) is 37.3 Å². The minimum atomic E-state index is -0.510. The van der Waals surface area contributed by atoms with Crippen molar-refractivity contribution in [3.05, 3.63) is 34.9 Å². The lowest BCUT2D eigenvalue weighted by atomic mass is 9.42. The van der Waals surface area contributed by atoms with Crippen LogP contribution < -0.4 is 0 Å². The molecule has 1 aromatic rings. The molecule has 4 saturated carbocycles. The Hall–Kier alpha value is -1.10. The normalized spacial score (nSPS) is 40.3. The van der Waals surface area contributed by atoms with E-state index in [1.165, 1.54) is 5.56 Å². The first-order valence-electron chi connectivity index (χ1n) is 10.3. The van der Waals surface area contributed by atoms with Crippen molar-refractivity contribution in [2.75, 3.05) is 13.1 Å². The van der Waals surface area contributed by atoms with Crippen molar-refractivity contribution in [3.63, 3.8) is 0 Å². The summed E-state index contributed by atoms with van der Waals surface area (Å²) in [6.45, 7) is 0.932. The molecule has 4 bridgehead atoms. The van der Waals surface area contributed by atoms with Crippen LogP contribution in [-0.2, 0) is 11.2 Å². The number of β-amino-alcohol motifs (C(OH)–C–C–N with tert-alkyl or cyclic N) is 1. The van der Waals surface area contributed by atoms with E-state index in [0.717, 1.165) is 43.5 Å². The van der Waals surface area contributed by atoms with Crippen molar-refractivity contribution < 1.29 is 15.0 Å². The van der Waals surface area contributed by atoms with E-state index in [1.807, 2.05) is 18.2 Å². The zero-order valence-electron chi connectivity index (χ0n) is 15.6. The van der Waals surface area contributed by atoms with E-state index >= 15 is 0 Å². The van der Waals surface area contributed by atoms with Crippen LogP contribution in [0.3, 0.4) is 0 Å². The monoisotopic (exact) mass is 389 g/mol. The summed E-state index contributed by atoms with van der Waals surface area (Å²) in [4.78, 5) is 14.8. The van der Waals surface area contributed by atoms with Crippen LogP contribution in [0.4, 0.5) is 0 Å². The van der Waals surface area contributed by atoms with Crippen LogP contribution in [0.5, 0.6) is 0 Å². The number of carbonyl (C=O) groups excluding carboxylic acids is 1. The van der Waals surface area contributed by atoms with Gasteiger partial charge in [0, 0.05) is 24.5 Å². The number of aliphatic hydroxyl groups is 2. The second-order valence-electron chi connectivity index (χ2n) is 9.74. The van der Waals surface area contributed by atoms with Crippen LogP contribution in [0, 0.1) is 23.2 Å². The molecule has 1 saturated heterocycles. The average molecular weight is 390 g/mol. The average Bonchev–Trinajstić information content (AvgIpc) is 2.55. The molecular formula is C22H28ClNO3. The minimum absolute atomic E-state index is 0.0918. The van der Waals surface area contributed by atoms with Crippen molar-refractivity contribution >= 4 is 17.5 Å². The number of amides is 1. The molecule has 0 spiro atoms. The minimum Gasteiger partial charge on any atom is -0.390 e. The molecule has 1 aliphatic heterocycles. The van der Waals surface area contributed by atoms with E-state index in [4.69, 9.17) is 11.6 Å². The van der Waals surface area contributed by atoms with Crippen LogP contribution in [0.2, 0.25) is 5.02 Å². The summed E-state index contributed by atoms with van der Waals surface area (Å²) >= 11 is 6.24. The van der Waals surface area contributed by atoms with Gasteiger partial charge < -0.3 is 15.1 Å². The van der Waals surface area contributed by atoms with Gasteiger partial charge in [0.1, 0.15) is 0 Å². The van der Waals surface area contributed by atoms with Gasteiger partial charge in [0.05, 0.1) is 11.7 Å². The quantitative estimate of drug-likeness (QED) is 0.832. The molecule has 4 nitrogen and oxygen atoms in total. The molecule has 2 atom stereocenters. The fourth-order valence-electron chi connectivity index (χ4n) is 6.87. The van der Waals surface area contributed by atoms with Crippen molar-refractivity contribution in [2.24, 2.45) is 23.2 Å². The molecular weight excluding hydrogens is 362 g/mol. The highest BCUT2D eigenvalue weighted by atomic mass is 35.5. The predicted molar refractivity (Wildman–Crippen MR) is 103 cm³/mol. The molecule has 2 N–H and O–H groups in total. The molecule has 5 heteroatoms. The number of likely N-dealkylation sites (tertiary alicyclic amines) is 1. The Morgan fingerprint density at radius 1 is 1.19 bits per heavy atom. The zero-order valence-corrected chi connectivity index (χ0v) is 16.4. The van der Waals surface area contributed by atoms with Crippen LogP contribution in [0.1, 0.15) is 44.1 Å². The maximum absolute atomic E-state index is 13.0. The largest absolute Gasteiger partial charge is 0.390 e. The van der Waals surface area contributed by atoms with E-state index < -0.39 is 5.60 Å². The second-order valence-corrected chi connectivity index (χ2v) is 10.2. The summed E-state index contributed by atoms with van der Waals surface area (Å²) in [6, 6.07) is 8.03. The number of carbonyl (C=O) groups is 1. The van der Waals surface area contributed by atoms with Gasteiger partial charge in [0.25, 0.3) is 0 Å². The Bertz CT molecular complexity index is 744. The number of benzene rings is 1. The molecule has 5 fully saturated rings. The first-order chi connectivity index (χ1) is 12.9. The summed E-state index contributed by atoms with van der Waals surface area (Å²) in [6.07, 6.45) is 5.90. The molecule has 4 aliphatic carbocycles. The number of nitrogens with zero attached hydrogens (tertiary/aromatic N) is 1. The maximum atomic E-state index is 13.0. The first-order valence-corrected chi connectivity index (χ1v) is 10.7. The van der Waals surface area contributed by atoms with Gasteiger partial charge in [-0.1, -0.05) is 23.7 Å². The van der Waals surface area contributed by atoms with Crippen LogP contribution >= 0.6 is 11.6 Å². The Kier molecular flexibility index (Phi) is 4.12. The van der Waals surface area contributed by atoms with Crippen molar-refractivity contribution in [1.29, 1.82) is 0 Å². The lowest BCUT2D eigenvalue weighted by Gasteiger charge is -2.64. The van der Waals surface area contributed by atoms with E-state index in [9.17, 15) is 15.0 Å². The first kappa shape index (κ1) is 18.0. The number of hydrogen-bond donors (Lipinski definition) is 2. The van der Waals surface area contributed by atoms with E-state index in [1.54, 1.807) is 4.90 Å². The lowest BCUT2D eigenvalue weighted by molar-refractivity contribution is -0.198. The predicted octanol–water partition coefficient (Wildman–Crippen LogP) is 3.03. The zero-order chi connectivity index (χ0) is 18.8. The molecule has 1 amide bonds. The highest BCUT2D eigenvalue weighted by Gasteiger charge is 2.62. The Labute approximate surface area is 165 Å². The molecule has 0 radical (unpaired) electrons. The van der Waals surface area contributed by atoms with Crippen LogP contribution in [0.15, 0.2) is 24.3 Å². The number of hydrogen-bond acceptors (Lipinski definition) is 3. The summed E-state index contributed by atoms with van der Waals surface area (Å²) < 4.78 is 0. The van der Waals surface area contributed by atoms with Crippen molar-refractivity contribution in [1.82, 2.24) is 4.90 Å². The van der Waals surface area contributed by atoms with Gasteiger partial charge in [-0.2, -0.15) is 0 Å². The summed E-state index contributed by atoms with van der Waals surface area (Å²) in [5.41, 5.74) is 0.592. The van der Waals surface area contributed by atoms with Gasteiger partial charge in [-0.25, -0.2) is 0 Å². The molecule has 5 aliphatic rings. The highest BCUT2D eigenvalue weighted by Crippen LogP contribution is 2.65. The molecule has 6 rings (SSSR count). The summed E-state index contributed by atoms with van der Waals surface area (Å²) in [5.74, 6) is 1.56. The topological polar surface area (TPSA) is 60.8 Å². The van der Waals surface area contributed by atoms with Gasteiger partial charge in [-0.05, 0) is 79.4 Å². The van der Waals surface area contributed by atoms with Gasteiger partial charge in [0.15, 0.2) is 0 Å². The molecule has 1 aromatic carbocycles. The van der Waals surface area contributed by atoms with E-state index in [-0.39, 0.29) is 17.4 Å². The summed E-state index contributed by atoms with van der Waals surface area (Å²) in [5, 5.41) is 21.4. The van der Waals surface area contributed by atoms with Crippen LogP contribution in [0.25, 0.3) is 0 Å². The van der Waals surface area contributed by atoms with Gasteiger partial charge >= 0.3 is 0 Å². The Morgan fingerprint density at radius 3 is 2.48 bits per heavy atom. The SMILES string of the molecule is O=C(CC1(Cc2cccc(Cl)c2)C2CC3CC1CC(O)(C3)C2)N1CC(O)C1. The maximum Gasteiger partial charge on any atom is 0.223 e. The molecule has 146 valence electrons. The number of halogens is 1. The van der Waals surface area contributed by atoms with E-state index in [2.05, 4.69) is 6.07 Å². The smallest absolute Gasteiger partial charge is 0.223 e. The van der Waals surface area contributed by atoms with Crippen molar-refractivity contribution in [3.8, 4) is 0 Å². The lowest BCUT2D eigenvalue weighted by Crippen LogP contribution is -2.62. The van der Waals surface area contributed by atoms with Crippen LogP contribution in [-0.4, -0.2) is 45.8 Å². The molecule has 27 heavy (non-hydrogen) atoms.